The number of anilines is 2. The zero-order valence-corrected chi connectivity index (χ0v) is 13.6. The van der Waals surface area contributed by atoms with E-state index in [-0.39, 0.29) is 11.6 Å². The molecule has 0 bridgehead atoms. The summed E-state index contributed by atoms with van der Waals surface area (Å²) in [5.74, 6) is 0.740. The van der Waals surface area contributed by atoms with Crippen LogP contribution in [0, 0.1) is 0 Å². The molecular formula is C15H17ClN4O3. The van der Waals surface area contributed by atoms with E-state index >= 15 is 0 Å². The zero-order chi connectivity index (χ0) is 16.7. The van der Waals surface area contributed by atoms with E-state index in [0.717, 1.165) is 0 Å². The van der Waals surface area contributed by atoms with E-state index in [4.69, 9.17) is 21.1 Å². The number of amides is 1. The van der Waals surface area contributed by atoms with Crippen molar-refractivity contribution in [3.05, 3.63) is 41.0 Å². The van der Waals surface area contributed by atoms with Crippen LogP contribution in [-0.4, -0.2) is 43.5 Å². The molecule has 1 aromatic carbocycles. The Morgan fingerprint density at radius 3 is 2.65 bits per heavy atom. The molecule has 7 nitrogen and oxygen atoms in total. The standard InChI is InChI=1S/C15H17ClN4O3/c1-22-8-7-17-14-6-4-12(19-20-14)15(21)18-10-3-5-13(23-2)11(16)9-10/h3-6,9H,7-8H2,1-2H3,(H,17,20)(H,18,21). The third kappa shape index (κ3) is 4.80. The second-order valence-electron chi connectivity index (χ2n) is 4.53. The summed E-state index contributed by atoms with van der Waals surface area (Å²) in [6, 6.07) is 8.23. The molecule has 0 radical (unpaired) electrons. The number of carbonyl (C=O) groups excluding carboxylic acids is 1. The number of carbonyl (C=O) groups is 1. The molecule has 2 N–H and O–H groups in total. The summed E-state index contributed by atoms with van der Waals surface area (Å²) in [6.07, 6.45) is 0. The van der Waals surface area contributed by atoms with Crippen LogP contribution in [0.2, 0.25) is 5.02 Å². The molecule has 122 valence electrons. The highest BCUT2D eigenvalue weighted by Gasteiger charge is 2.10. The number of methoxy groups -OCH3 is 2. The molecule has 0 aliphatic heterocycles. The van der Waals surface area contributed by atoms with E-state index in [2.05, 4.69) is 20.8 Å². The molecule has 0 saturated carbocycles. The highest BCUT2D eigenvalue weighted by Crippen LogP contribution is 2.27. The average molecular weight is 337 g/mol. The number of nitrogens with zero attached hydrogens (tertiary/aromatic N) is 2. The van der Waals surface area contributed by atoms with Gasteiger partial charge < -0.3 is 20.1 Å². The van der Waals surface area contributed by atoms with Crippen LogP contribution in [0.5, 0.6) is 5.75 Å². The van der Waals surface area contributed by atoms with Crippen molar-refractivity contribution < 1.29 is 14.3 Å². The second-order valence-corrected chi connectivity index (χ2v) is 4.93. The maximum atomic E-state index is 12.1. The SMILES string of the molecule is COCCNc1ccc(C(=O)Nc2ccc(OC)c(Cl)c2)nn1. The van der Waals surface area contributed by atoms with Crippen LogP contribution >= 0.6 is 11.6 Å². The molecule has 1 aromatic heterocycles. The molecule has 0 spiro atoms. The molecule has 0 fully saturated rings. The van der Waals surface area contributed by atoms with Gasteiger partial charge in [0.25, 0.3) is 5.91 Å². The Morgan fingerprint density at radius 2 is 2.04 bits per heavy atom. The minimum atomic E-state index is -0.373. The number of nitrogens with one attached hydrogen (secondary N) is 2. The normalized spacial score (nSPS) is 10.2. The van der Waals surface area contributed by atoms with Gasteiger partial charge in [0.1, 0.15) is 11.6 Å². The van der Waals surface area contributed by atoms with E-state index in [9.17, 15) is 4.79 Å². The van der Waals surface area contributed by atoms with Crippen LogP contribution < -0.4 is 15.4 Å². The predicted molar refractivity (Wildman–Crippen MR) is 88.4 cm³/mol. The fourth-order valence-corrected chi connectivity index (χ4v) is 2.03. The Kier molecular flexibility index (Phi) is 6.13. The molecule has 1 heterocycles. The minimum Gasteiger partial charge on any atom is -0.495 e. The summed E-state index contributed by atoms with van der Waals surface area (Å²) >= 11 is 6.02. The Balaban J connectivity index is 1.99. The lowest BCUT2D eigenvalue weighted by atomic mass is 10.3. The van der Waals surface area contributed by atoms with Gasteiger partial charge in [-0.05, 0) is 30.3 Å². The summed E-state index contributed by atoms with van der Waals surface area (Å²) in [6.45, 7) is 1.17. The van der Waals surface area contributed by atoms with Gasteiger partial charge in [0.05, 0.1) is 18.7 Å². The van der Waals surface area contributed by atoms with Gasteiger partial charge in [0, 0.05) is 19.3 Å². The number of hydrogen-bond donors (Lipinski definition) is 2. The van der Waals surface area contributed by atoms with Crippen LogP contribution in [-0.2, 0) is 4.74 Å². The van der Waals surface area contributed by atoms with Crippen LogP contribution in [0.3, 0.4) is 0 Å². The summed E-state index contributed by atoms with van der Waals surface area (Å²) in [5.41, 5.74) is 0.749. The Hall–Kier alpha value is -2.38. The maximum Gasteiger partial charge on any atom is 0.276 e. The predicted octanol–water partition coefficient (Wildman–Crippen LogP) is 2.45. The Labute approximate surface area is 139 Å². The van der Waals surface area contributed by atoms with E-state index in [1.54, 1.807) is 37.4 Å². The van der Waals surface area contributed by atoms with Gasteiger partial charge in [-0.3, -0.25) is 4.79 Å². The summed E-state index contributed by atoms with van der Waals surface area (Å²) in [5, 5.41) is 14.0. The van der Waals surface area contributed by atoms with Crippen LogP contribution in [0.25, 0.3) is 0 Å². The molecule has 2 rings (SSSR count). The molecule has 8 heteroatoms. The molecular weight excluding hydrogens is 320 g/mol. The number of benzene rings is 1. The third-order valence-corrected chi connectivity index (χ3v) is 3.21. The van der Waals surface area contributed by atoms with Gasteiger partial charge in [0.15, 0.2) is 5.69 Å². The smallest absolute Gasteiger partial charge is 0.276 e. The molecule has 0 atom stereocenters. The summed E-state index contributed by atoms with van der Waals surface area (Å²) < 4.78 is 9.98. The fraction of sp³-hybridized carbons (Fsp3) is 0.267. The second kappa shape index (κ2) is 8.30. The lowest BCUT2D eigenvalue weighted by molar-refractivity contribution is 0.102. The van der Waals surface area contributed by atoms with Crippen molar-refractivity contribution in [1.82, 2.24) is 10.2 Å². The Morgan fingerprint density at radius 1 is 1.22 bits per heavy atom. The first-order chi connectivity index (χ1) is 11.1. The van der Waals surface area contributed by atoms with Crippen LogP contribution in [0.4, 0.5) is 11.5 Å². The maximum absolute atomic E-state index is 12.1. The van der Waals surface area contributed by atoms with Gasteiger partial charge in [-0.25, -0.2) is 0 Å². The van der Waals surface area contributed by atoms with Crippen molar-refractivity contribution in [2.24, 2.45) is 0 Å². The van der Waals surface area contributed by atoms with Crippen molar-refractivity contribution in [1.29, 1.82) is 0 Å². The molecule has 23 heavy (non-hydrogen) atoms. The van der Waals surface area contributed by atoms with E-state index < -0.39 is 0 Å². The quantitative estimate of drug-likeness (QED) is 0.755. The summed E-state index contributed by atoms with van der Waals surface area (Å²) in [4.78, 5) is 12.1. The largest absolute Gasteiger partial charge is 0.495 e. The molecule has 2 aromatic rings. The summed E-state index contributed by atoms with van der Waals surface area (Å²) in [7, 11) is 3.14. The number of rotatable bonds is 7. The monoisotopic (exact) mass is 336 g/mol. The Bertz CT molecular complexity index is 664. The lowest BCUT2D eigenvalue weighted by Crippen LogP contribution is -2.15. The molecule has 0 saturated heterocycles. The van der Waals surface area contributed by atoms with Gasteiger partial charge in [-0.2, -0.15) is 0 Å². The number of hydrogen-bond acceptors (Lipinski definition) is 6. The van der Waals surface area contributed by atoms with Gasteiger partial charge in [-0.15, -0.1) is 10.2 Å². The molecule has 1 amide bonds. The van der Waals surface area contributed by atoms with Crippen LogP contribution in [0.1, 0.15) is 10.5 Å². The molecule has 0 aliphatic rings. The van der Waals surface area contributed by atoms with Crippen molar-refractivity contribution in [3.8, 4) is 5.75 Å². The fourth-order valence-electron chi connectivity index (χ4n) is 1.77. The molecule has 0 aliphatic carbocycles. The van der Waals surface area contributed by atoms with Gasteiger partial charge in [0.2, 0.25) is 0 Å². The van der Waals surface area contributed by atoms with E-state index in [1.807, 2.05) is 0 Å². The topological polar surface area (TPSA) is 85.4 Å². The highest BCUT2D eigenvalue weighted by molar-refractivity contribution is 6.32. The van der Waals surface area contributed by atoms with Crippen molar-refractivity contribution in [2.45, 2.75) is 0 Å². The van der Waals surface area contributed by atoms with Crippen molar-refractivity contribution >= 4 is 29.0 Å². The number of aromatic nitrogens is 2. The van der Waals surface area contributed by atoms with Gasteiger partial charge in [-0.1, -0.05) is 11.6 Å². The zero-order valence-electron chi connectivity index (χ0n) is 12.8. The first-order valence-corrected chi connectivity index (χ1v) is 7.23. The minimum absolute atomic E-state index is 0.203. The van der Waals surface area contributed by atoms with Crippen molar-refractivity contribution in [3.63, 3.8) is 0 Å². The molecule has 0 unspecified atom stereocenters. The first-order valence-electron chi connectivity index (χ1n) is 6.85. The van der Waals surface area contributed by atoms with Crippen LogP contribution in [0.15, 0.2) is 30.3 Å². The van der Waals surface area contributed by atoms with E-state index in [1.165, 1.54) is 7.11 Å². The highest BCUT2D eigenvalue weighted by atomic mass is 35.5. The number of ether oxygens (including phenoxy) is 2. The third-order valence-electron chi connectivity index (χ3n) is 2.92. The lowest BCUT2D eigenvalue weighted by Gasteiger charge is -2.08. The first kappa shape index (κ1) is 17.0. The van der Waals surface area contributed by atoms with Gasteiger partial charge >= 0.3 is 0 Å². The van der Waals surface area contributed by atoms with Crippen molar-refractivity contribution in [2.75, 3.05) is 38.0 Å². The average Bonchev–Trinajstić information content (AvgIpc) is 2.56. The van der Waals surface area contributed by atoms with E-state index in [0.29, 0.717) is 35.4 Å². The number of halogens is 1.